The largest absolute Gasteiger partial charge is 0.507 e. The maximum absolute atomic E-state index is 12.6. The van der Waals surface area contributed by atoms with Crippen LogP contribution in [0.1, 0.15) is 0 Å². The summed E-state index contributed by atoms with van der Waals surface area (Å²) in [4.78, 5) is 12.6. The molecule has 7 heteroatoms. The normalized spacial score (nSPS) is 12.5. The summed E-state index contributed by atoms with van der Waals surface area (Å²) < 4.78 is 16.2. The molecule has 2 aromatic carbocycles. The van der Waals surface area contributed by atoms with E-state index in [9.17, 15) is 15.0 Å². The summed E-state index contributed by atoms with van der Waals surface area (Å²) in [5.74, 6) is 0.303. The average molecular weight is 332 g/mol. The summed E-state index contributed by atoms with van der Waals surface area (Å²) in [6, 6.07) is 7.61. The molecule has 1 aromatic heterocycles. The Bertz CT molecular complexity index is 945. The van der Waals surface area contributed by atoms with Crippen molar-refractivity contribution in [3.05, 3.63) is 40.6 Å². The van der Waals surface area contributed by atoms with Crippen LogP contribution in [0.15, 0.2) is 39.5 Å². The molecule has 3 N–H and O–H groups in total. The molecule has 0 fully saturated rings. The van der Waals surface area contributed by atoms with Crippen LogP contribution in [0.4, 0.5) is 0 Å². The van der Waals surface area contributed by atoms with Crippen LogP contribution in [0.3, 0.4) is 0 Å². The average Bonchev–Trinajstić information content (AvgIpc) is 2.58. The maximum atomic E-state index is 12.6. The molecule has 1 atom stereocenters. The molecule has 24 heavy (non-hydrogen) atoms. The van der Waals surface area contributed by atoms with E-state index in [0.717, 1.165) is 0 Å². The predicted molar refractivity (Wildman–Crippen MR) is 86.8 cm³/mol. The number of aliphatic hydroxyl groups is 2. The molecule has 0 saturated heterocycles. The van der Waals surface area contributed by atoms with Gasteiger partial charge in [0, 0.05) is 12.1 Å². The molecule has 0 aliphatic carbocycles. The third kappa shape index (κ3) is 2.75. The molecule has 1 heterocycles. The van der Waals surface area contributed by atoms with Crippen molar-refractivity contribution < 1.29 is 29.2 Å². The highest BCUT2D eigenvalue weighted by Crippen LogP contribution is 2.33. The lowest BCUT2D eigenvalue weighted by Gasteiger charge is -2.11. The molecular formula is C17H16O7. The van der Waals surface area contributed by atoms with Crippen LogP contribution >= 0.6 is 0 Å². The van der Waals surface area contributed by atoms with Crippen LogP contribution in [0, 0.1) is 0 Å². The topological polar surface area (TPSA) is 109 Å². The van der Waals surface area contributed by atoms with E-state index in [0.29, 0.717) is 11.1 Å². The number of benzene rings is 2. The van der Waals surface area contributed by atoms with Crippen LogP contribution in [0.25, 0.3) is 21.9 Å². The third-order valence-corrected chi connectivity index (χ3v) is 3.59. The molecule has 0 aliphatic rings. The molecule has 126 valence electrons. The lowest BCUT2D eigenvalue weighted by atomic mass is 10.1. The van der Waals surface area contributed by atoms with Gasteiger partial charge in [0.1, 0.15) is 35.2 Å². The molecule has 0 aliphatic heterocycles. The quantitative estimate of drug-likeness (QED) is 0.606. The van der Waals surface area contributed by atoms with Crippen molar-refractivity contribution in [1.82, 2.24) is 0 Å². The van der Waals surface area contributed by atoms with E-state index in [-0.39, 0.29) is 40.1 Å². The van der Waals surface area contributed by atoms with Gasteiger partial charge in [-0.15, -0.1) is 0 Å². The molecule has 3 rings (SSSR count). The van der Waals surface area contributed by atoms with Gasteiger partial charge in [-0.2, -0.15) is 0 Å². The number of phenolic OH excluding ortho intramolecular Hbond substituents is 1. The Balaban J connectivity index is 2.19. The molecule has 0 spiro atoms. The molecule has 7 nitrogen and oxygen atoms in total. The van der Waals surface area contributed by atoms with Gasteiger partial charge in [-0.05, 0) is 12.1 Å². The highest BCUT2D eigenvalue weighted by atomic mass is 16.5. The number of methoxy groups -OCH3 is 1. The van der Waals surface area contributed by atoms with Gasteiger partial charge in [-0.25, -0.2) is 0 Å². The van der Waals surface area contributed by atoms with Crippen molar-refractivity contribution in [2.45, 2.75) is 6.10 Å². The van der Waals surface area contributed by atoms with Crippen molar-refractivity contribution in [1.29, 1.82) is 0 Å². The maximum Gasteiger partial charge on any atom is 0.204 e. The van der Waals surface area contributed by atoms with E-state index < -0.39 is 12.7 Å². The third-order valence-electron chi connectivity index (χ3n) is 3.59. The Hall–Kier alpha value is -2.77. The monoisotopic (exact) mass is 332 g/mol. The van der Waals surface area contributed by atoms with Gasteiger partial charge < -0.3 is 29.2 Å². The highest BCUT2D eigenvalue weighted by molar-refractivity contribution is 5.95. The second-order valence-corrected chi connectivity index (χ2v) is 5.23. The fourth-order valence-electron chi connectivity index (χ4n) is 2.42. The SMILES string of the molecule is COc1cccc2c(=O)c3c(O)cc(OCC(O)CO)cc3oc12. The van der Waals surface area contributed by atoms with Gasteiger partial charge in [0.05, 0.1) is 19.1 Å². The minimum absolute atomic E-state index is 0.0332. The summed E-state index contributed by atoms with van der Waals surface area (Å²) in [5.41, 5.74) is 0.0134. The molecule has 3 aromatic rings. The summed E-state index contributed by atoms with van der Waals surface area (Å²) >= 11 is 0. The Morgan fingerprint density at radius 2 is 2.08 bits per heavy atom. The molecular weight excluding hydrogens is 316 g/mol. The van der Waals surface area contributed by atoms with E-state index in [1.807, 2.05) is 0 Å². The van der Waals surface area contributed by atoms with E-state index in [1.54, 1.807) is 18.2 Å². The smallest absolute Gasteiger partial charge is 0.204 e. The van der Waals surface area contributed by atoms with Crippen LogP contribution in [-0.4, -0.2) is 41.7 Å². The first-order valence-corrected chi connectivity index (χ1v) is 7.23. The number of ether oxygens (including phenoxy) is 2. The van der Waals surface area contributed by atoms with E-state index >= 15 is 0 Å². The molecule has 0 saturated carbocycles. The molecule has 0 bridgehead atoms. The number of fused-ring (bicyclic) bond motifs is 2. The van der Waals surface area contributed by atoms with Gasteiger partial charge in [-0.3, -0.25) is 4.79 Å². The number of hydrogen-bond acceptors (Lipinski definition) is 7. The van der Waals surface area contributed by atoms with Crippen molar-refractivity contribution in [3.63, 3.8) is 0 Å². The lowest BCUT2D eigenvalue weighted by molar-refractivity contribution is 0.0535. The van der Waals surface area contributed by atoms with Crippen LogP contribution < -0.4 is 14.9 Å². The summed E-state index contributed by atoms with van der Waals surface area (Å²) in [7, 11) is 1.46. The number of aliphatic hydroxyl groups excluding tert-OH is 2. The first kappa shape index (κ1) is 16.1. The first-order chi connectivity index (χ1) is 11.5. The summed E-state index contributed by atoms with van der Waals surface area (Å²) in [5, 5.41) is 28.6. The van der Waals surface area contributed by atoms with E-state index in [4.69, 9.17) is 19.0 Å². The standard InChI is InChI=1S/C17H16O7/c1-22-13-4-2-3-11-16(21)15-12(20)5-10(23-8-9(19)7-18)6-14(15)24-17(11)13/h2-6,9,18-20H,7-8H2,1H3. The Morgan fingerprint density at radius 1 is 1.29 bits per heavy atom. The van der Waals surface area contributed by atoms with Gasteiger partial charge in [0.25, 0.3) is 0 Å². The fourth-order valence-corrected chi connectivity index (χ4v) is 2.42. The Kier molecular flexibility index (Phi) is 4.28. The van der Waals surface area contributed by atoms with Crippen molar-refractivity contribution in [3.8, 4) is 17.2 Å². The fraction of sp³-hybridized carbons (Fsp3) is 0.235. The van der Waals surface area contributed by atoms with Crippen molar-refractivity contribution >= 4 is 21.9 Å². The van der Waals surface area contributed by atoms with Crippen molar-refractivity contribution in [2.75, 3.05) is 20.3 Å². The lowest BCUT2D eigenvalue weighted by Crippen LogP contribution is -2.21. The van der Waals surface area contributed by atoms with Gasteiger partial charge in [0.2, 0.25) is 5.43 Å². The van der Waals surface area contributed by atoms with Gasteiger partial charge >= 0.3 is 0 Å². The minimum Gasteiger partial charge on any atom is -0.507 e. The van der Waals surface area contributed by atoms with Gasteiger partial charge in [0.15, 0.2) is 11.3 Å². The predicted octanol–water partition coefficient (Wildman–Crippen LogP) is 1.39. The highest BCUT2D eigenvalue weighted by Gasteiger charge is 2.16. The second-order valence-electron chi connectivity index (χ2n) is 5.23. The van der Waals surface area contributed by atoms with Crippen LogP contribution in [-0.2, 0) is 0 Å². The number of aromatic hydroxyl groups is 1. The van der Waals surface area contributed by atoms with Crippen molar-refractivity contribution in [2.24, 2.45) is 0 Å². The Labute approximate surface area is 136 Å². The summed E-state index contributed by atoms with van der Waals surface area (Å²) in [6.45, 7) is -0.612. The van der Waals surface area contributed by atoms with Crippen LogP contribution in [0.5, 0.6) is 17.2 Å². The number of hydrogen-bond donors (Lipinski definition) is 3. The summed E-state index contributed by atoms with van der Waals surface area (Å²) in [6.07, 6.45) is -1.05. The first-order valence-electron chi connectivity index (χ1n) is 7.23. The molecule has 1 unspecified atom stereocenters. The minimum atomic E-state index is -1.05. The zero-order chi connectivity index (χ0) is 17.3. The number of phenols is 1. The zero-order valence-corrected chi connectivity index (χ0v) is 12.9. The number of para-hydroxylation sites is 1. The van der Waals surface area contributed by atoms with Gasteiger partial charge in [-0.1, -0.05) is 6.07 Å². The molecule has 0 amide bonds. The number of rotatable bonds is 5. The molecule has 0 radical (unpaired) electrons. The van der Waals surface area contributed by atoms with E-state index in [2.05, 4.69) is 0 Å². The zero-order valence-electron chi connectivity index (χ0n) is 12.9. The van der Waals surface area contributed by atoms with Crippen LogP contribution in [0.2, 0.25) is 0 Å². The van der Waals surface area contributed by atoms with E-state index in [1.165, 1.54) is 19.2 Å². The Morgan fingerprint density at radius 3 is 2.79 bits per heavy atom. The second kappa shape index (κ2) is 6.38.